The molecule has 19 rings (SSSR count). The molecule has 6 heterocycles. The Labute approximate surface area is 487 Å². The Hall–Kier alpha value is -10.8. The molecule has 0 bridgehead atoms. The van der Waals surface area contributed by atoms with Crippen molar-refractivity contribution >= 4 is 124 Å². The van der Waals surface area contributed by atoms with E-state index in [4.69, 9.17) is 0 Å². The highest BCUT2D eigenvalue weighted by Gasteiger charge is 2.48. The quantitative estimate of drug-likeness (QED) is 0.154. The third kappa shape index (κ3) is 6.23. The molecule has 0 aliphatic carbocycles. The maximum absolute atomic E-state index is 2.67. The molecule has 0 saturated carbocycles. The molecule has 0 unspecified atom stereocenters. The van der Waals surface area contributed by atoms with Crippen LogP contribution in [0.4, 0.5) is 34.1 Å². The Balaban J connectivity index is 0.997. The normalized spacial score (nSPS) is 13.1. The van der Waals surface area contributed by atoms with Gasteiger partial charge in [-0.05, 0) is 151 Å². The average Bonchev–Trinajstić information content (AvgIpc) is 1.41. The van der Waals surface area contributed by atoms with Gasteiger partial charge in [0.1, 0.15) is 0 Å². The number of anilines is 6. The minimum atomic E-state index is -0.111. The Morgan fingerprint density at radius 1 is 0.238 bits per heavy atom. The molecule has 386 valence electrons. The van der Waals surface area contributed by atoms with E-state index in [1.165, 1.54) is 155 Å². The maximum atomic E-state index is 2.67. The third-order valence-electron chi connectivity index (χ3n) is 18.8. The Kier molecular flexibility index (Phi) is 9.48. The first-order valence-electron chi connectivity index (χ1n) is 29.3. The summed E-state index contributed by atoms with van der Waals surface area (Å²) in [5.74, 6) is 0. The van der Waals surface area contributed by atoms with E-state index in [1.807, 2.05) is 0 Å². The molecule has 0 radical (unpaired) electrons. The summed E-state index contributed by atoms with van der Waals surface area (Å²) in [7, 11) is 0. The molecular formula is C78H48B2N4. The zero-order valence-electron chi connectivity index (χ0n) is 45.7. The van der Waals surface area contributed by atoms with Gasteiger partial charge in [-0.3, -0.25) is 0 Å². The second-order valence-electron chi connectivity index (χ2n) is 23.1. The molecule has 0 fully saturated rings. The van der Waals surface area contributed by atoms with Gasteiger partial charge in [-0.25, -0.2) is 0 Å². The summed E-state index contributed by atoms with van der Waals surface area (Å²) in [6.45, 7) is -0.223. The molecule has 4 aliphatic rings. The minimum Gasteiger partial charge on any atom is -0.311 e. The maximum Gasteiger partial charge on any atom is 0.252 e. The van der Waals surface area contributed by atoms with Crippen molar-refractivity contribution in [2.24, 2.45) is 0 Å². The number of para-hydroxylation sites is 4. The Bertz CT molecular complexity index is 4920. The first-order chi connectivity index (χ1) is 41.7. The highest BCUT2D eigenvalue weighted by Crippen LogP contribution is 2.51. The predicted molar refractivity (Wildman–Crippen MR) is 356 cm³/mol. The van der Waals surface area contributed by atoms with E-state index in [9.17, 15) is 0 Å². The fraction of sp³-hybridized carbons (Fsp3) is 0. The van der Waals surface area contributed by atoms with Gasteiger partial charge in [0.25, 0.3) is 13.4 Å². The summed E-state index contributed by atoms with van der Waals surface area (Å²) in [5, 5.41) is 5.01. The van der Waals surface area contributed by atoms with Crippen LogP contribution in [-0.2, 0) is 0 Å². The van der Waals surface area contributed by atoms with E-state index < -0.39 is 0 Å². The fourth-order valence-corrected chi connectivity index (χ4v) is 15.4. The Morgan fingerprint density at radius 2 is 0.583 bits per heavy atom. The summed E-state index contributed by atoms with van der Waals surface area (Å²) in [6.07, 6.45) is 0. The monoisotopic (exact) mass is 1060 g/mol. The summed E-state index contributed by atoms with van der Waals surface area (Å²) in [6, 6.07) is 109. The first-order valence-corrected chi connectivity index (χ1v) is 29.3. The van der Waals surface area contributed by atoms with E-state index >= 15 is 0 Å². The second kappa shape index (κ2) is 17.4. The first kappa shape index (κ1) is 45.9. The van der Waals surface area contributed by atoms with Gasteiger partial charge in [-0.2, -0.15) is 0 Å². The molecule has 15 aromatic rings. The summed E-state index contributed by atoms with van der Waals surface area (Å²) in [5.41, 5.74) is 32.0. The van der Waals surface area contributed by atoms with Crippen LogP contribution in [0.3, 0.4) is 0 Å². The smallest absolute Gasteiger partial charge is 0.252 e. The summed E-state index contributed by atoms with van der Waals surface area (Å²) >= 11 is 0. The van der Waals surface area contributed by atoms with Crippen molar-refractivity contribution in [1.82, 2.24) is 9.13 Å². The number of benzene rings is 13. The van der Waals surface area contributed by atoms with Gasteiger partial charge >= 0.3 is 0 Å². The molecule has 2 aromatic heterocycles. The lowest BCUT2D eigenvalue weighted by Gasteiger charge is -2.43. The van der Waals surface area contributed by atoms with Crippen molar-refractivity contribution in [2.45, 2.75) is 0 Å². The van der Waals surface area contributed by atoms with Gasteiger partial charge in [-0.1, -0.05) is 206 Å². The highest BCUT2D eigenvalue weighted by atomic mass is 15.2. The van der Waals surface area contributed by atoms with Crippen LogP contribution in [0.25, 0.3) is 99.5 Å². The van der Waals surface area contributed by atoms with Gasteiger partial charge in [-0.15, -0.1) is 0 Å². The van der Waals surface area contributed by atoms with Crippen molar-refractivity contribution in [3.05, 3.63) is 291 Å². The van der Waals surface area contributed by atoms with Gasteiger partial charge in [0.15, 0.2) is 0 Å². The van der Waals surface area contributed by atoms with Crippen LogP contribution >= 0.6 is 0 Å². The number of nitrogens with zero attached hydrogens (tertiary/aromatic N) is 4. The highest BCUT2D eigenvalue weighted by molar-refractivity contribution is 7.02. The average molecular weight is 1060 g/mol. The molecule has 4 nitrogen and oxygen atoms in total. The van der Waals surface area contributed by atoms with Crippen LogP contribution in [0.1, 0.15) is 0 Å². The lowest BCUT2D eigenvalue weighted by Crippen LogP contribution is -2.63. The molecular weight excluding hydrogens is 1010 g/mol. The molecule has 0 amide bonds. The standard InChI is InChI=1S/C78H48B2N4/c1-7-23-49(24-8-1)53-39-41-67-59(43-53)61-45-57(51-27-11-3-12-28-51)75-73-77(61)83(67)71-47-66-72(48-65(71)79(73)63-35-19-21-37-69(63)81(75)55-31-15-5-16-32-55)84-68-42-40-54(50-25-9-2-10-26-50)44-60(68)62-46-58(52-29-13-4-14-30-52)76-74(78(62)84)80(66)64-36-20-22-38-70(64)82(76)56-33-17-6-18-34-56/h1-48H. The lowest BCUT2D eigenvalue weighted by atomic mass is 9.31. The number of aromatic nitrogens is 2. The summed E-state index contributed by atoms with van der Waals surface area (Å²) < 4.78 is 5.35. The fourth-order valence-electron chi connectivity index (χ4n) is 15.4. The van der Waals surface area contributed by atoms with Gasteiger partial charge < -0.3 is 18.9 Å². The Morgan fingerprint density at radius 3 is 0.976 bits per heavy atom. The van der Waals surface area contributed by atoms with Crippen molar-refractivity contribution < 1.29 is 0 Å². The molecule has 0 N–H and O–H groups in total. The third-order valence-corrected chi connectivity index (χ3v) is 18.8. The van der Waals surface area contributed by atoms with E-state index in [0.29, 0.717) is 0 Å². The SMILES string of the molecule is c1ccc(-c2ccc3c(c2)c2cc(-c4ccccc4)c4c5c2n3-c2cc3c(cc2B5c2ccccc2N4c2ccccc2)-n2c4ccc(-c5ccccc5)cc4c4cc(-c5ccccc5)c5c(c42)B3c2ccccc2N5c2ccccc2)cc1. The van der Waals surface area contributed by atoms with Crippen molar-refractivity contribution in [2.75, 3.05) is 9.80 Å². The molecule has 6 heteroatoms. The van der Waals surface area contributed by atoms with E-state index in [1.54, 1.807) is 0 Å². The van der Waals surface area contributed by atoms with Gasteiger partial charge in [0, 0.05) is 66.8 Å². The zero-order chi connectivity index (χ0) is 54.7. The van der Waals surface area contributed by atoms with Crippen molar-refractivity contribution in [3.63, 3.8) is 0 Å². The molecule has 0 atom stereocenters. The minimum absolute atomic E-state index is 0.111. The summed E-state index contributed by atoms with van der Waals surface area (Å²) in [4.78, 5) is 5.13. The van der Waals surface area contributed by atoms with Crippen molar-refractivity contribution in [3.8, 4) is 55.9 Å². The van der Waals surface area contributed by atoms with Gasteiger partial charge in [0.05, 0.1) is 33.4 Å². The van der Waals surface area contributed by atoms with Gasteiger partial charge in [0.2, 0.25) is 0 Å². The largest absolute Gasteiger partial charge is 0.311 e. The van der Waals surface area contributed by atoms with Crippen LogP contribution in [0, 0.1) is 0 Å². The molecule has 13 aromatic carbocycles. The number of fused-ring (bicyclic) bond motifs is 16. The lowest BCUT2D eigenvalue weighted by molar-refractivity contribution is 1.16. The van der Waals surface area contributed by atoms with Crippen LogP contribution in [0.15, 0.2) is 291 Å². The van der Waals surface area contributed by atoms with Crippen LogP contribution in [0.5, 0.6) is 0 Å². The molecule has 4 aliphatic heterocycles. The molecule has 84 heavy (non-hydrogen) atoms. The van der Waals surface area contributed by atoms with E-state index in [-0.39, 0.29) is 13.4 Å². The van der Waals surface area contributed by atoms with E-state index in [0.717, 1.165) is 11.4 Å². The topological polar surface area (TPSA) is 16.3 Å². The number of hydrogen-bond donors (Lipinski definition) is 0. The second-order valence-corrected chi connectivity index (χ2v) is 23.1. The number of hydrogen-bond acceptors (Lipinski definition) is 2. The van der Waals surface area contributed by atoms with Crippen LogP contribution < -0.4 is 42.6 Å². The predicted octanol–water partition coefficient (Wildman–Crippen LogP) is 15.8. The van der Waals surface area contributed by atoms with E-state index in [2.05, 4.69) is 310 Å². The molecule has 0 spiro atoms. The van der Waals surface area contributed by atoms with Crippen LogP contribution in [0.2, 0.25) is 0 Å². The molecule has 0 saturated heterocycles. The van der Waals surface area contributed by atoms with Crippen molar-refractivity contribution in [1.29, 1.82) is 0 Å². The van der Waals surface area contributed by atoms with Crippen LogP contribution in [-0.4, -0.2) is 22.6 Å². The number of rotatable bonds is 6. The zero-order valence-corrected chi connectivity index (χ0v) is 45.7.